The Kier molecular flexibility index (Phi) is 8.71. The molecule has 2 amide bonds. The van der Waals surface area contributed by atoms with E-state index in [4.69, 9.17) is 21.4 Å². The van der Waals surface area contributed by atoms with Crippen LogP contribution in [0.2, 0.25) is 5.02 Å². The van der Waals surface area contributed by atoms with Crippen LogP contribution in [-0.2, 0) is 9.59 Å². The maximum Gasteiger partial charge on any atom is 0.240 e. The largest absolute Gasteiger partial charge is 0.496 e. The van der Waals surface area contributed by atoms with Crippen molar-refractivity contribution < 1.29 is 14.3 Å². The van der Waals surface area contributed by atoms with Gasteiger partial charge in [0.1, 0.15) is 18.1 Å². The molecule has 9 heteroatoms. The number of rotatable bonds is 8. The first-order valence-electron chi connectivity index (χ1n) is 13.5. The van der Waals surface area contributed by atoms with Gasteiger partial charge in [0.2, 0.25) is 11.8 Å². The van der Waals surface area contributed by atoms with Crippen molar-refractivity contribution in [3.63, 3.8) is 0 Å². The molecule has 0 aliphatic carbocycles. The van der Waals surface area contributed by atoms with Crippen molar-refractivity contribution in [2.45, 2.75) is 26.0 Å². The molecule has 1 atom stereocenters. The summed E-state index contributed by atoms with van der Waals surface area (Å²) in [6, 6.07) is 23.3. The molecule has 1 aliphatic rings. The number of nitrogens with zero attached hydrogens (tertiary/aromatic N) is 3. The van der Waals surface area contributed by atoms with Gasteiger partial charge in [0.15, 0.2) is 0 Å². The number of anilines is 1. The summed E-state index contributed by atoms with van der Waals surface area (Å²) < 4.78 is 7.56. The summed E-state index contributed by atoms with van der Waals surface area (Å²) in [7, 11) is 1.65. The fraction of sp³-hybridized carbons (Fsp3) is 0.281. The maximum atomic E-state index is 13.8. The highest BCUT2D eigenvalue weighted by Gasteiger charge is 2.38. The topological polar surface area (TPSA) is 76.5 Å². The molecular weight excluding hydrogens is 556 g/mol. The molecule has 7 nitrogen and oxygen atoms in total. The molecule has 5 rings (SSSR count). The second-order valence-corrected chi connectivity index (χ2v) is 12.0. The number of hydrogen-bond acceptors (Lipinski definition) is 5. The van der Waals surface area contributed by atoms with Crippen LogP contribution >= 0.6 is 23.4 Å². The number of halogens is 1. The van der Waals surface area contributed by atoms with E-state index in [9.17, 15) is 9.59 Å². The van der Waals surface area contributed by atoms with E-state index in [0.29, 0.717) is 23.1 Å². The second kappa shape index (κ2) is 12.4. The molecule has 1 unspecified atom stereocenters. The molecule has 0 radical (unpaired) electrons. The van der Waals surface area contributed by atoms with Crippen molar-refractivity contribution in [1.82, 2.24) is 15.1 Å². The Morgan fingerprint density at radius 1 is 1.10 bits per heavy atom. The number of amides is 2. The summed E-state index contributed by atoms with van der Waals surface area (Å²) >= 11 is 7.76. The van der Waals surface area contributed by atoms with Gasteiger partial charge in [-0.2, -0.15) is 5.10 Å². The van der Waals surface area contributed by atoms with E-state index in [2.05, 4.69) is 5.32 Å². The number of methoxy groups -OCH3 is 1. The van der Waals surface area contributed by atoms with Gasteiger partial charge in [-0.25, -0.2) is 4.68 Å². The summed E-state index contributed by atoms with van der Waals surface area (Å²) in [6.07, 6.45) is 0. The van der Waals surface area contributed by atoms with Crippen LogP contribution < -0.4 is 15.0 Å². The number of aryl methyl sites for hydroxylation is 1. The monoisotopic (exact) mass is 588 g/mol. The smallest absolute Gasteiger partial charge is 0.240 e. The Hall–Kier alpha value is -3.75. The minimum atomic E-state index is -0.293. The van der Waals surface area contributed by atoms with E-state index >= 15 is 0 Å². The van der Waals surface area contributed by atoms with Gasteiger partial charge < -0.3 is 10.1 Å². The summed E-state index contributed by atoms with van der Waals surface area (Å²) in [6.45, 7) is 6.51. The highest BCUT2D eigenvalue weighted by molar-refractivity contribution is 8.00. The average Bonchev–Trinajstić information content (AvgIpc) is 3.29. The molecule has 1 N–H and O–H groups in total. The van der Waals surface area contributed by atoms with Crippen molar-refractivity contribution in [3.8, 4) is 22.7 Å². The molecule has 41 heavy (non-hydrogen) atoms. The van der Waals surface area contributed by atoms with Crippen molar-refractivity contribution in [3.05, 3.63) is 94.5 Å². The number of aromatic nitrogens is 2. The number of ether oxygens (including phenoxy) is 1. The standard InChI is InChI=1S/C32H33ClN4O3S/c1-20(2)17-34-27(38)18-36-28(39)19-41-31(25-7-5-6-8-26(25)40-4)29-30(22-11-13-23(33)14-12-22)35-37(32(29)36)24-15-9-21(3)10-16-24/h5-16,20,31H,17-19H2,1-4H3,(H,34,38). The van der Waals surface area contributed by atoms with Gasteiger partial charge >= 0.3 is 0 Å². The van der Waals surface area contributed by atoms with Gasteiger partial charge in [0.25, 0.3) is 0 Å². The van der Waals surface area contributed by atoms with Crippen LogP contribution in [0, 0.1) is 12.8 Å². The number of benzene rings is 3. The second-order valence-electron chi connectivity index (χ2n) is 10.5. The zero-order valence-electron chi connectivity index (χ0n) is 23.6. The number of carbonyl (C=O) groups excluding carboxylic acids is 2. The number of thioether (sulfide) groups is 1. The van der Waals surface area contributed by atoms with E-state index < -0.39 is 0 Å². The van der Waals surface area contributed by atoms with E-state index in [-0.39, 0.29) is 35.3 Å². The minimum Gasteiger partial charge on any atom is -0.496 e. The number of carbonyl (C=O) groups is 2. The van der Waals surface area contributed by atoms with Crippen LogP contribution in [0.4, 0.5) is 5.82 Å². The van der Waals surface area contributed by atoms with E-state index in [1.807, 2.05) is 93.6 Å². The van der Waals surface area contributed by atoms with Crippen molar-refractivity contribution in [2.24, 2.45) is 5.92 Å². The summed E-state index contributed by atoms with van der Waals surface area (Å²) in [5.41, 5.74) is 5.23. The predicted molar refractivity (Wildman–Crippen MR) is 166 cm³/mol. The number of hydrogen-bond donors (Lipinski definition) is 1. The quantitative estimate of drug-likeness (QED) is 0.256. The zero-order valence-corrected chi connectivity index (χ0v) is 25.1. The van der Waals surface area contributed by atoms with Gasteiger partial charge in [0.05, 0.1) is 29.5 Å². The fourth-order valence-corrected chi connectivity index (χ4v) is 6.20. The maximum absolute atomic E-state index is 13.8. The fourth-order valence-electron chi connectivity index (χ4n) is 4.85. The number of para-hydroxylation sites is 1. The highest BCUT2D eigenvalue weighted by atomic mass is 35.5. The number of nitrogens with one attached hydrogen (secondary N) is 1. The third kappa shape index (κ3) is 6.14. The van der Waals surface area contributed by atoms with Crippen LogP contribution in [0.5, 0.6) is 5.75 Å². The Morgan fingerprint density at radius 2 is 1.80 bits per heavy atom. The first kappa shape index (κ1) is 28.8. The van der Waals surface area contributed by atoms with Gasteiger partial charge in [0, 0.05) is 28.3 Å². The lowest BCUT2D eigenvalue weighted by molar-refractivity contribution is -0.123. The highest BCUT2D eigenvalue weighted by Crippen LogP contribution is 2.50. The Balaban J connectivity index is 1.79. The molecule has 0 saturated heterocycles. The molecule has 0 bridgehead atoms. The van der Waals surface area contributed by atoms with Crippen LogP contribution in [0.3, 0.4) is 0 Å². The molecule has 2 heterocycles. The molecule has 0 spiro atoms. The van der Waals surface area contributed by atoms with E-state index in [1.165, 1.54) is 11.8 Å². The molecule has 3 aromatic carbocycles. The molecule has 0 fully saturated rings. The molecular formula is C32H33ClN4O3S. The van der Waals surface area contributed by atoms with Gasteiger partial charge in [-0.1, -0.05) is 73.5 Å². The Bertz CT molecular complexity index is 1550. The van der Waals surface area contributed by atoms with Gasteiger partial charge in [-0.15, -0.1) is 11.8 Å². The molecule has 1 aliphatic heterocycles. The lowest BCUT2D eigenvalue weighted by Gasteiger charge is -2.24. The van der Waals surface area contributed by atoms with Crippen LogP contribution in [-0.4, -0.2) is 47.5 Å². The predicted octanol–water partition coefficient (Wildman–Crippen LogP) is 6.45. The third-order valence-electron chi connectivity index (χ3n) is 6.92. The summed E-state index contributed by atoms with van der Waals surface area (Å²) in [4.78, 5) is 28.6. The molecule has 1 aromatic heterocycles. The van der Waals surface area contributed by atoms with Crippen molar-refractivity contribution in [2.75, 3.05) is 30.9 Å². The normalized spacial score (nSPS) is 15.0. The number of fused-ring (bicyclic) bond motifs is 1. The zero-order chi connectivity index (χ0) is 29.1. The van der Waals surface area contributed by atoms with Crippen molar-refractivity contribution >= 4 is 41.0 Å². The minimum absolute atomic E-state index is 0.116. The molecule has 212 valence electrons. The van der Waals surface area contributed by atoms with Crippen molar-refractivity contribution in [1.29, 1.82) is 0 Å². The van der Waals surface area contributed by atoms with Crippen LogP contribution in [0.25, 0.3) is 16.9 Å². The average molecular weight is 589 g/mol. The van der Waals surface area contributed by atoms with Gasteiger partial charge in [-0.05, 0) is 43.2 Å². The van der Waals surface area contributed by atoms with Gasteiger partial charge in [-0.3, -0.25) is 14.5 Å². The SMILES string of the molecule is COc1ccccc1C1SCC(=O)N(CC(=O)NCC(C)C)c2c1c(-c1ccc(Cl)cc1)nn2-c1ccc(C)cc1. The lowest BCUT2D eigenvalue weighted by atomic mass is 9.99. The Labute approximate surface area is 249 Å². The van der Waals surface area contributed by atoms with E-state index in [1.54, 1.807) is 16.7 Å². The summed E-state index contributed by atoms with van der Waals surface area (Å²) in [5, 5.41) is 8.42. The third-order valence-corrected chi connectivity index (χ3v) is 8.40. The molecule has 4 aromatic rings. The summed E-state index contributed by atoms with van der Waals surface area (Å²) in [5.74, 6) is 1.38. The van der Waals surface area contributed by atoms with E-state index in [0.717, 1.165) is 33.7 Å². The van der Waals surface area contributed by atoms with Crippen LogP contribution in [0.15, 0.2) is 72.8 Å². The Morgan fingerprint density at radius 3 is 2.49 bits per heavy atom. The first-order valence-corrected chi connectivity index (χ1v) is 15.0. The molecule has 0 saturated carbocycles. The van der Waals surface area contributed by atoms with Crippen LogP contribution in [0.1, 0.15) is 35.8 Å². The first-order chi connectivity index (χ1) is 19.8. The lowest BCUT2D eigenvalue weighted by Crippen LogP contribution is -2.43.